The van der Waals surface area contributed by atoms with Gasteiger partial charge in [-0.2, -0.15) is 0 Å². The van der Waals surface area contributed by atoms with E-state index < -0.39 is 0 Å². The van der Waals surface area contributed by atoms with Crippen LogP contribution in [0.15, 0.2) is 23.2 Å². The summed E-state index contributed by atoms with van der Waals surface area (Å²) in [4.78, 5) is 1.99. The summed E-state index contributed by atoms with van der Waals surface area (Å²) in [6, 6.07) is 0. The van der Waals surface area contributed by atoms with Crippen molar-refractivity contribution in [3.8, 4) is 0 Å². The van der Waals surface area contributed by atoms with Gasteiger partial charge in [0.15, 0.2) is 0 Å². The lowest BCUT2D eigenvalue weighted by Crippen LogP contribution is -1.99. The van der Waals surface area contributed by atoms with Gasteiger partial charge in [-0.1, -0.05) is 18.3 Å². The van der Waals surface area contributed by atoms with E-state index in [1.165, 1.54) is 0 Å². The van der Waals surface area contributed by atoms with Gasteiger partial charge in [-0.05, 0) is 5.41 Å². The van der Waals surface area contributed by atoms with Gasteiger partial charge in [0, 0.05) is 13.2 Å². The molecule has 0 radical (unpaired) electrons. The fraction of sp³-hybridized carbons (Fsp3) is 0.200. The molecule has 0 amide bonds. The highest BCUT2D eigenvalue weighted by molar-refractivity contribution is 8.05. The molecule has 0 saturated heterocycles. The summed E-state index contributed by atoms with van der Waals surface area (Å²) in [5, 5.41) is 3.11. The Kier molecular flexibility index (Phi) is 1.11. The van der Waals surface area contributed by atoms with Crippen LogP contribution in [0.4, 0.5) is 0 Å². The highest BCUT2D eigenvalue weighted by Crippen LogP contribution is 2.24. The van der Waals surface area contributed by atoms with E-state index in [9.17, 15) is 0 Å². The van der Waals surface area contributed by atoms with Crippen LogP contribution in [-0.4, -0.2) is 11.9 Å². The van der Waals surface area contributed by atoms with Crippen LogP contribution < -0.4 is 0 Å². The Bertz CT molecular complexity index is 117. The predicted molar refractivity (Wildman–Crippen MR) is 33.6 cm³/mol. The van der Waals surface area contributed by atoms with Crippen LogP contribution in [0.2, 0.25) is 0 Å². The van der Waals surface area contributed by atoms with Crippen molar-refractivity contribution in [1.82, 2.24) is 4.90 Å². The van der Waals surface area contributed by atoms with Gasteiger partial charge in [-0.15, -0.1) is 0 Å². The second-order valence-electron chi connectivity index (χ2n) is 1.41. The van der Waals surface area contributed by atoms with Crippen LogP contribution >= 0.6 is 11.8 Å². The first kappa shape index (κ1) is 4.78. The first-order valence-electron chi connectivity index (χ1n) is 2.06. The monoisotopic (exact) mass is 113 g/mol. The Labute approximate surface area is 47.7 Å². The van der Waals surface area contributed by atoms with E-state index in [-0.39, 0.29) is 0 Å². The number of hydrogen-bond donors (Lipinski definition) is 0. The molecule has 0 unspecified atom stereocenters. The molecule has 0 aromatic rings. The van der Waals surface area contributed by atoms with Gasteiger partial charge in [0.1, 0.15) is 0 Å². The van der Waals surface area contributed by atoms with E-state index in [0.29, 0.717) is 0 Å². The second-order valence-corrected chi connectivity index (χ2v) is 2.39. The summed E-state index contributed by atoms with van der Waals surface area (Å²) in [5.74, 6) is 0. The molecule has 1 nitrogen and oxygen atoms in total. The molecule has 7 heavy (non-hydrogen) atoms. The van der Waals surface area contributed by atoms with Gasteiger partial charge < -0.3 is 4.90 Å². The molecule has 0 atom stereocenters. The minimum absolute atomic E-state index is 1.10. The Balaban J connectivity index is 2.62. The molecule has 0 aliphatic carbocycles. The quantitative estimate of drug-likeness (QED) is 0.469. The predicted octanol–water partition coefficient (Wildman–Crippen LogP) is 1.61. The standard InChI is InChI=1S/C5H7NS/c1-5-6(2)3-4-7-5/h3-4H,1H2,2H3. The van der Waals surface area contributed by atoms with Crippen molar-refractivity contribution < 1.29 is 0 Å². The third kappa shape index (κ3) is 0.800. The van der Waals surface area contributed by atoms with Gasteiger partial charge in [-0.3, -0.25) is 0 Å². The first-order chi connectivity index (χ1) is 3.30. The Morgan fingerprint density at radius 3 is 2.71 bits per heavy atom. The summed E-state index contributed by atoms with van der Waals surface area (Å²) < 4.78 is 0. The average molecular weight is 113 g/mol. The van der Waals surface area contributed by atoms with Crippen molar-refractivity contribution in [1.29, 1.82) is 0 Å². The lowest BCUT2D eigenvalue weighted by Gasteiger charge is -2.05. The molecular weight excluding hydrogens is 106 g/mol. The minimum atomic E-state index is 1.10. The van der Waals surface area contributed by atoms with Crippen molar-refractivity contribution in [2.45, 2.75) is 0 Å². The normalized spacial score (nSPS) is 19.0. The third-order valence-electron chi connectivity index (χ3n) is 0.882. The molecule has 0 N–H and O–H groups in total. The van der Waals surface area contributed by atoms with Crippen LogP contribution in [0, 0.1) is 0 Å². The fourth-order valence-electron chi connectivity index (χ4n) is 0.367. The summed E-state index contributed by atoms with van der Waals surface area (Å²) in [6.07, 6.45) is 1.99. The summed E-state index contributed by atoms with van der Waals surface area (Å²) in [7, 11) is 1.98. The molecule has 0 aromatic heterocycles. The van der Waals surface area contributed by atoms with E-state index in [1.807, 2.05) is 23.6 Å². The molecule has 0 spiro atoms. The highest BCUT2D eigenvalue weighted by Gasteiger charge is 2.01. The fourth-order valence-corrected chi connectivity index (χ4v) is 0.994. The minimum Gasteiger partial charge on any atom is -0.346 e. The van der Waals surface area contributed by atoms with E-state index in [2.05, 4.69) is 6.58 Å². The van der Waals surface area contributed by atoms with Crippen LogP contribution in [0.1, 0.15) is 0 Å². The molecule has 0 saturated carbocycles. The maximum atomic E-state index is 3.76. The van der Waals surface area contributed by atoms with Crippen molar-refractivity contribution in [3.63, 3.8) is 0 Å². The van der Waals surface area contributed by atoms with Gasteiger partial charge in [0.25, 0.3) is 0 Å². The summed E-state index contributed by atoms with van der Waals surface area (Å²) in [5.41, 5.74) is 0. The zero-order chi connectivity index (χ0) is 5.28. The molecule has 0 fully saturated rings. The van der Waals surface area contributed by atoms with E-state index in [0.717, 1.165) is 5.03 Å². The maximum absolute atomic E-state index is 3.76. The molecule has 0 aromatic carbocycles. The molecular formula is C5H7NS. The van der Waals surface area contributed by atoms with Gasteiger partial charge in [0.05, 0.1) is 5.03 Å². The Hall–Kier alpha value is -0.370. The zero-order valence-corrected chi connectivity index (χ0v) is 5.03. The van der Waals surface area contributed by atoms with E-state index in [1.54, 1.807) is 11.8 Å². The van der Waals surface area contributed by atoms with Crippen molar-refractivity contribution >= 4 is 11.8 Å². The van der Waals surface area contributed by atoms with E-state index >= 15 is 0 Å². The lowest BCUT2D eigenvalue weighted by molar-refractivity contribution is 0.622. The topological polar surface area (TPSA) is 3.24 Å². The number of rotatable bonds is 0. The molecule has 1 heterocycles. The zero-order valence-electron chi connectivity index (χ0n) is 4.22. The van der Waals surface area contributed by atoms with Crippen LogP contribution in [0.5, 0.6) is 0 Å². The molecule has 0 bridgehead atoms. The molecule has 2 heteroatoms. The van der Waals surface area contributed by atoms with Gasteiger partial charge in [0.2, 0.25) is 0 Å². The molecule has 1 aliphatic rings. The Morgan fingerprint density at radius 2 is 2.57 bits per heavy atom. The second kappa shape index (κ2) is 1.62. The SMILES string of the molecule is C=C1SC=CN1C. The van der Waals surface area contributed by atoms with Crippen molar-refractivity contribution in [3.05, 3.63) is 23.2 Å². The van der Waals surface area contributed by atoms with Gasteiger partial charge in [-0.25, -0.2) is 0 Å². The maximum Gasteiger partial charge on any atom is 0.0714 e. The van der Waals surface area contributed by atoms with Crippen molar-refractivity contribution in [2.75, 3.05) is 7.05 Å². The first-order valence-corrected chi connectivity index (χ1v) is 2.94. The number of hydrogen-bond acceptors (Lipinski definition) is 2. The number of nitrogens with zero attached hydrogens (tertiary/aromatic N) is 1. The highest BCUT2D eigenvalue weighted by atomic mass is 32.2. The smallest absolute Gasteiger partial charge is 0.0714 e. The van der Waals surface area contributed by atoms with Crippen LogP contribution in [-0.2, 0) is 0 Å². The largest absolute Gasteiger partial charge is 0.346 e. The molecule has 1 rings (SSSR count). The summed E-state index contributed by atoms with van der Waals surface area (Å²) in [6.45, 7) is 3.76. The lowest BCUT2D eigenvalue weighted by atomic mass is 10.8. The van der Waals surface area contributed by atoms with Crippen molar-refractivity contribution in [2.24, 2.45) is 0 Å². The molecule has 1 aliphatic heterocycles. The Morgan fingerprint density at radius 1 is 1.86 bits per heavy atom. The van der Waals surface area contributed by atoms with Gasteiger partial charge >= 0.3 is 0 Å². The van der Waals surface area contributed by atoms with Crippen LogP contribution in [0.3, 0.4) is 0 Å². The molecule has 38 valence electrons. The van der Waals surface area contributed by atoms with E-state index in [4.69, 9.17) is 0 Å². The summed E-state index contributed by atoms with van der Waals surface area (Å²) >= 11 is 1.66. The average Bonchev–Trinajstić information content (AvgIpc) is 1.91. The third-order valence-corrected chi connectivity index (χ3v) is 1.70. The van der Waals surface area contributed by atoms with Crippen LogP contribution in [0.25, 0.3) is 0 Å². The number of thioether (sulfide) groups is 1.